The SMILES string of the molecule is CC1(C)c2ccccc2-c2ccc(N(c3ccc(-c4ccc(C5CCCCCCCCCCC5)cc4)cc3)c3ccccc3-c3ccccc3)cc21. The number of fused-ring (bicyclic) bond motifs is 3. The average molecular weight is 680 g/mol. The summed E-state index contributed by atoms with van der Waals surface area (Å²) in [5.74, 6) is 0.694. The van der Waals surface area contributed by atoms with Crippen LogP contribution in [-0.4, -0.2) is 0 Å². The molecule has 0 bridgehead atoms. The fourth-order valence-electron chi connectivity index (χ4n) is 9.04. The van der Waals surface area contributed by atoms with E-state index in [0.29, 0.717) is 5.92 Å². The zero-order valence-corrected chi connectivity index (χ0v) is 31.2. The van der Waals surface area contributed by atoms with Crippen molar-refractivity contribution < 1.29 is 0 Å². The summed E-state index contributed by atoms with van der Waals surface area (Å²) in [6.07, 6.45) is 15.3. The highest BCUT2D eigenvalue weighted by molar-refractivity contribution is 5.90. The fourth-order valence-corrected chi connectivity index (χ4v) is 9.04. The topological polar surface area (TPSA) is 3.24 Å². The lowest BCUT2D eigenvalue weighted by Gasteiger charge is -2.30. The van der Waals surface area contributed by atoms with Crippen LogP contribution in [0.4, 0.5) is 17.1 Å². The zero-order chi connectivity index (χ0) is 35.3. The van der Waals surface area contributed by atoms with Crippen LogP contribution in [0, 0.1) is 0 Å². The highest BCUT2D eigenvalue weighted by Gasteiger charge is 2.35. The maximum Gasteiger partial charge on any atom is 0.0540 e. The predicted octanol–water partition coefficient (Wildman–Crippen LogP) is 15.2. The van der Waals surface area contributed by atoms with Gasteiger partial charge >= 0.3 is 0 Å². The Morgan fingerprint density at radius 1 is 0.423 bits per heavy atom. The Morgan fingerprint density at radius 3 is 1.62 bits per heavy atom. The second kappa shape index (κ2) is 15.4. The molecule has 0 heterocycles. The standard InChI is InChI=1S/C51H53N/c1-51(2)48-25-17-15-24-46(48)47-36-35-44(37-49(47)51)52(50-26-18-16-23-45(50)42-21-13-10-14-22-42)43-33-31-41(32-34-43)40-29-27-39(28-30-40)38-19-11-8-6-4-3-5-7-9-12-20-38/h10,13-18,21-38H,3-9,11-12,19-20H2,1-2H3. The van der Waals surface area contributed by atoms with E-state index in [4.69, 9.17) is 0 Å². The van der Waals surface area contributed by atoms with E-state index in [1.54, 1.807) is 0 Å². The third-order valence-electron chi connectivity index (χ3n) is 12.0. The minimum absolute atomic E-state index is 0.0737. The van der Waals surface area contributed by atoms with Crippen molar-refractivity contribution in [3.8, 4) is 33.4 Å². The number of para-hydroxylation sites is 1. The van der Waals surface area contributed by atoms with E-state index in [9.17, 15) is 0 Å². The first-order chi connectivity index (χ1) is 25.6. The maximum absolute atomic E-state index is 2.46. The van der Waals surface area contributed by atoms with E-state index in [2.05, 4.69) is 164 Å². The lowest BCUT2D eigenvalue weighted by atomic mass is 9.82. The Balaban J connectivity index is 1.13. The monoisotopic (exact) mass is 679 g/mol. The first-order valence-corrected chi connectivity index (χ1v) is 20.0. The number of anilines is 3. The molecule has 0 spiro atoms. The van der Waals surface area contributed by atoms with Crippen LogP contribution in [0.2, 0.25) is 0 Å². The fraction of sp³-hybridized carbons (Fsp3) is 0.294. The number of benzene rings is 6. The summed E-state index contributed by atoms with van der Waals surface area (Å²) in [5, 5.41) is 0. The molecule has 2 aliphatic carbocycles. The second-order valence-corrected chi connectivity index (χ2v) is 15.7. The molecule has 0 saturated heterocycles. The molecule has 1 heteroatoms. The molecule has 262 valence electrons. The summed E-state index contributed by atoms with van der Waals surface area (Å²) in [6.45, 7) is 4.73. The van der Waals surface area contributed by atoms with Crippen molar-refractivity contribution in [2.75, 3.05) is 4.90 Å². The molecule has 2 aliphatic rings. The van der Waals surface area contributed by atoms with Gasteiger partial charge in [0.2, 0.25) is 0 Å². The summed E-state index contributed by atoms with van der Waals surface area (Å²) in [4.78, 5) is 2.46. The van der Waals surface area contributed by atoms with Gasteiger partial charge in [0, 0.05) is 22.4 Å². The summed E-state index contributed by atoms with van der Waals surface area (Å²) in [5.41, 5.74) is 15.4. The van der Waals surface area contributed by atoms with Crippen molar-refractivity contribution in [1.82, 2.24) is 0 Å². The molecule has 52 heavy (non-hydrogen) atoms. The summed E-state index contributed by atoms with van der Waals surface area (Å²) < 4.78 is 0. The molecule has 0 radical (unpaired) electrons. The molecule has 0 N–H and O–H groups in total. The quantitative estimate of drug-likeness (QED) is 0.169. The van der Waals surface area contributed by atoms with Crippen LogP contribution in [0.5, 0.6) is 0 Å². The Morgan fingerprint density at radius 2 is 0.942 bits per heavy atom. The molecule has 8 rings (SSSR count). The summed E-state index contributed by atoms with van der Waals surface area (Å²) in [6, 6.07) is 54.5. The van der Waals surface area contributed by atoms with Crippen LogP contribution in [-0.2, 0) is 5.41 Å². The van der Waals surface area contributed by atoms with E-state index in [1.807, 2.05) is 0 Å². The highest BCUT2D eigenvalue weighted by Crippen LogP contribution is 2.51. The van der Waals surface area contributed by atoms with Crippen LogP contribution in [0.1, 0.15) is 107 Å². The smallest absolute Gasteiger partial charge is 0.0540 e. The van der Waals surface area contributed by atoms with Crippen LogP contribution in [0.3, 0.4) is 0 Å². The third kappa shape index (κ3) is 6.99. The highest BCUT2D eigenvalue weighted by atomic mass is 15.1. The summed E-state index contributed by atoms with van der Waals surface area (Å²) in [7, 11) is 0. The summed E-state index contributed by atoms with van der Waals surface area (Å²) >= 11 is 0. The van der Waals surface area contributed by atoms with Gasteiger partial charge in [0.15, 0.2) is 0 Å². The van der Waals surface area contributed by atoms with Gasteiger partial charge in [-0.25, -0.2) is 0 Å². The van der Waals surface area contributed by atoms with Crippen LogP contribution in [0.15, 0.2) is 146 Å². The molecular formula is C51H53N. The van der Waals surface area contributed by atoms with Gasteiger partial charge in [-0.15, -0.1) is 0 Å². The Bertz CT molecular complexity index is 2080. The van der Waals surface area contributed by atoms with Gasteiger partial charge in [-0.2, -0.15) is 0 Å². The number of nitrogens with zero attached hydrogens (tertiary/aromatic N) is 1. The Hall–Kier alpha value is -4.88. The normalized spacial score (nSPS) is 16.3. The molecule has 0 atom stereocenters. The molecule has 0 aliphatic heterocycles. The van der Waals surface area contributed by atoms with Crippen molar-refractivity contribution in [1.29, 1.82) is 0 Å². The van der Waals surface area contributed by atoms with Gasteiger partial charge in [0.05, 0.1) is 5.69 Å². The van der Waals surface area contributed by atoms with Gasteiger partial charge < -0.3 is 4.90 Å². The molecule has 6 aromatic rings. The number of hydrogen-bond donors (Lipinski definition) is 0. The Labute approximate surface area is 312 Å². The van der Waals surface area contributed by atoms with E-state index < -0.39 is 0 Å². The number of rotatable bonds is 6. The zero-order valence-electron chi connectivity index (χ0n) is 31.2. The van der Waals surface area contributed by atoms with Gasteiger partial charge in [-0.1, -0.05) is 187 Å². The van der Waals surface area contributed by atoms with Crippen LogP contribution >= 0.6 is 0 Å². The predicted molar refractivity (Wildman–Crippen MR) is 223 cm³/mol. The van der Waals surface area contributed by atoms with E-state index >= 15 is 0 Å². The lowest BCUT2D eigenvalue weighted by Crippen LogP contribution is -2.16. The largest absolute Gasteiger partial charge is 0.310 e. The second-order valence-electron chi connectivity index (χ2n) is 15.7. The van der Waals surface area contributed by atoms with E-state index in [1.165, 1.54) is 132 Å². The Kier molecular flexibility index (Phi) is 10.1. The first-order valence-electron chi connectivity index (χ1n) is 20.0. The molecular weight excluding hydrogens is 627 g/mol. The molecule has 6 aromatic carbocycles. The molecule has 0 amide bonds. The van der Waals surface area contributed by atoms with E-state index in [0.717, 1.165) is 5.69 Å². The molecule has 1 saturated carbocycles. The molecule has 0 aromatic heterocycles. The lowest BCUT2D eigenvalue weighted by molar-refractivity contribution is 0.467. The minimum Gasteiger partial charge on any atom is -0.310 e. The van der Waals surface area contributed by atoms with Gasteiger partial charge in [-0.3, -0.25) is 0 Å². The van der Waals surface area contributed by atoms with Crippen molar-refractivity contribution >= 4 is 17.1 Å². The van der Waals surface area contributed by atoms with Crippen molar-refractivity contribution in [3.63, 3.8) is 0 Å². The average Bonchev–Trinajstić information content (AvgIpc) is 3.42. The van der Waals surface area contributed by atoms with Gasteiger partial charge in [0.25, 0.3) is 0 Å². The van der Waals surface area contributed by atoms with Crippen molar-refractivity contribution in [2.24, 2.45) is 0 Å². The minimum atomic E-state index is -0.0737. The van der Waals surface area contributed by atoms with Crippen molar-refractivity contribution in [3.05, 3.63) is 162 Å². The maximum atomic E-state index is 2.46. The molecule has 0 unspecified atom stereocenters. The van der Waals surface area contributed by atoms with Crippen LogP contribution < -0.4 is 4.90 Å². The first kappa shape index (κ1) is 34.2. The number of hydrogen-bond acceptors (Lipinski definition) is 1. The van der Waals surface area contributed by atoms with Crippen LogP contribution in [0.25, 0.3) is 33.4 Å². The van der Waals surface area contributed by atoms with Crippen molar-refractivity contribution in [2.45, 2.75) is 95.8 Å². The van der Waals surface area contributed by atoms with E-state index in [-0.39, 0.29) is 5.41 Å². The van der Waals surface area contributed by atoms with Gasteiger partial charge in [0.1, 0.15) is 0 Å². The van der Waals surface area contributed by atoms with Gasteiger partial charge in [-0.05, 0) is 93.6 Å². The molecule has 1 fully saturated rings. The third-order valence-corrected chi connectivity index (χ3v) is 12.0. The molecule has 1 nitrogen and oxygen atoms in total.